The van der Waals surface area contributed by atoms with Gasteiger partial charge >= 0.3 is 5.97 Å². The van der Waals surface area contributed by atoms with Crippen LogP contribution in [0.15, 0.2) is 36.5 Å². The molecule has 3 aromatic heterocycles. The van der Waals surface area contributed by atoms with Crippen LogP contribution in [0, 0.1) is 6.92 Å². The van der Waals surface area contributed by atoms with Gasteiger partial charge in [0, 0.05) is 11.8 Å². The Morgan fingerprint density at radius 3 is 2.89 bits per heavy atom. The SMILES string of the molecule is COC(=O)COc1ccc(Cl)c(-c2nnc3c(C)nc4cccnc4n23)c1. The fourth-order valence-corrected chi connectivity index (χ4v) is 2.94. The molecule has 0 aliphatic rings. The highest BCUT2D eigenvalue weighted by atomic mass is 35.5. The Bertz CT molecular complexity index is 1170. The van der Waals surface area contributed by atoms with Crippen LogP contribution < -0.4 is 4.74 Å². The van der Waals surface area contributed by atoms with Gasteiger partial charge in [-0.25, -0.2) is 14.8 Å². The summed E-state index contributed by atoms with van der Waals surface area (Å²) in [5.74, 6) is 0.489. The lowest BCUT2D eigenvalue weighted by Crippen LogP contribution is -2.12. The quantitative estimate of drug-likeness (QED) is 0.500. The van der Waals surface area contributed by atoms with Crippen molar-refractivity contribution in [2.45, 2.75) is 6.92 Å². The van der Waals surface area contributed by atoms with Crippen LogP contribution in [-0.2, 0) is 9.53 Å². The summed E-state index contributed by atoms with van der Waals surface area (Å²) in [7, 11) is 1.30. The van der Waals surface area contributed by atoms with Crippen molar-refractivity contribution in [3.05, 3.63) is 47.2 Å². The van der Waals surface area contributed by atoms with E-state index in [9.17, 15) is 4.79 Å². The minimum atomic E-state index is -0.476. The average molecular weight is 384 g/mol. The van der Waals surface area contributed by atoms with Crippen LogP contribution in [0.25, 0.3) is 28.2 Å². The summed E-state index contributed by atoms with van der Waals surface area (Å²) in [4.78, 5) is 20.2. The Balaban J connectivity index is 1.88. The second kappa shape index (κ2) is 6.81. The van der Waals surface area contributed by atoms with Crippen molar-refractivity contribution >= 4 is 34.4 Å². The van der Waals surface area contributed by atoms with Crippen molar-refractivity contribution in [1.29, 1.82) is 0 Å². The van der Waals surface area contributed by atoms with Gasteiger partial charge in [0.05, 0.1) is 17.8 Å². The molecule has 0 aliphatic heterocycles. The summed E-state index contributed by atoms with van der Waals surface area (Å²) in [6, 6.07) is 8.73. The Labute approximate surface area is 158 Å². The van der Waals surface area contributed by atoms with E-state index < -0.39 is 5.97 Å². The Morgan fingerprint density at radius 1 is 1.22 bits per heavy atom. The molecule has 0 saturated carbocycles. The van der Waals surface area contributed by atoms with E-state index in [1.807, 2.05) is 23.5 Å². The van der Waals surface area contributed by atoms with Crippen LogP contribution in [0.5, 0.6) is 5.75 Å². The van der Waals surface area contributed by atoms with E-state index in [2.05, 4.69) is 24.9 Å². The van der Waals surface area contributed by atoms with E-state index in [4.69, 9.17) is 16.3 Å². The van der Waals surface area contributed by atoms with Crippen molar-refractivity contribution < 1.29 is 14.3 Å². The average Bonchev–Trinajstić information content (AvgIpc) is 3.13. The zero-order valence-electron chi connectivity index (χ0n) is 14.5. The van der Waals surface area contributed by atoms with Gasteiger partial charge in [0.2, 0.25) is 0 Å². The Hall–Kier alpha value is -3.26. The van der Waals surface area contributed by atoms with Gasteiger partial charge in [-0.05, 0) is 37.3 Å². The second-order valence-corrected chi connectivity index (χ2v) is 6.14. The van der Waals surface area contributed by atoms with Crippen molar-refractivity contribution in [3.63, 3.8) is 0 Å². The number of carbonyl (C=O) groups is 1. The number of methoxy groups -OCH3 is 1. The number of aryl methyl sites for hydroxylation is 1. The summed E-state index contributed by atoms with van der Waals surface area (Å²) < 4.78 is 11.9. The predicted octanol–water partition coefficient (Wildman–Crippen LogP) is 2.85. The van der Waals surface area contributed by atoms with Crippen LogP contribution in [0.2, 0.25) is 5.02 Å². The Kier molecular flexibility index (Phi) is 4.33. The number of nitrogens with zero attached hydrogens (tertiary/aromatic N) is 5. The first kappa shape index (κ1) is 17.2. The Morgan fingerprint density at radius 2 is 2.07 bits per heavy atom. The fraction of sp³-hybridized carbons (Fsp3) is 0.167. The molecule has 4 aromatic rings. The van der Waals surface area contributed by atoms with Gasteiger partial charge in [-0.3, -0.25) is 4.40 Å². The van der Waals surface area contributed by atoms with Gasteiger partial charge in [0.15, 0.2) is 23.7 Å². The summed E-state index contributed by atoms with van der Waals surface area (Å²) in [5, 5.41) is 9.00. The zero-order chi connectivity index (χ0) is 19.0. The van der Waals surface area contributed by atoms with Crippen molar-refractivity contribution in [3.8, 4) is 17.1 Å². The number of carbonyl (C=O) groups excluding carboxylic acids is 1. The lowest BCUT2D eigenvalue weighted by Gasteiger charge is -2.09. The molecule has 0 spiro atoms. The molecule has 0 aliphatic carbocycles. The summed E-state index contributed by atoms with van der Waals surface area (Å²) >= 11 is 6.40. The predicted molar refractivity (Wildman–Crippen MR) is 98.8 cm³/mol. The van der Waals surface area contributed by atoms with Crippen LogP contribution in [0.4, 0.5) is 0 Å². The lowest BCUT2D eigenvalue weighted by atomic mass is 10.2. The van der Waals surface area contributed by atoms with E-state index in [-0.39, 0.29) is 6.61 Å². The molecule has 3 heterocycles. The molecule has 136 valence electrons. The number of rotatable bonds is 4. The van der Waals surface area contributed by atoms with Gasteiger partial charge in [-0.15, -0.1) is 10.2 Å². The molecular formula is C18H14ClN5O3. The third-order valence-electron chi connectivity index (χ3n) is 4.02. The maximum Gasteiger partial charge on any atom is 0.343 e. The number of halogens is 1. The minimum absolute atomic E-state index is 0.203. The van der Waals surface area contributed by atoms with Crippen molar-refractivity contribution in [1.82, 2.24) is 24.6 Å². The number of hydrogen-bond acceptors (Lipinski definition) is 7. The molecular weight excluding hydrogens is 370 g/mol. The monoisotopic (exact) mass is 383 g/mol. The first-order valence-corrected chi connectivity index (χ1v) is 8.42. The van der Waals surface area contributed by atoms with Crippen LogP contribution in [-0.4, -0.2) is 44.3 Å². The number of aromatic nitrogens is 5. The number of ether oxygens (including phenoxy) is 2. The van der Waals surface area contributed by atoms with Crippen molar-refractivity contribution in [2.75, 3.05) is 13.7 Å². The maximum absolute atomic E-state index is 11.3. The molecule has 0 fully saturated rings. The topological polar surface area (TPSA) is 91.5 Å². The van der Waals surface area contributed by atoms with Crippen LogP contribution in [0.3, 0.4) is 0 Å². The fourth-order valence-electron chi connectivity index (χ4n) is 2.74. The number of pyridine rings is 1. The second-order valence-electron chi connectivity index (χ2n) is 5.73. The van der Waals surface area contributed by atoms with E-state index in [1.165, 1.54) is 7.11 Å². The first-order valence-electron chi connectivity index (χ1n) is 8.04. The highest BCUT2D eigenvalue weighted by Crippen LogP contribution is 2.32. The third kappa shape index (κ3) is 3.04. The van der Waals surface area contributed by atoms with E-state index in [0.29, 0.717) is 33.5 Å². The molecule has 0 unspecified atom stereocenters. The molecule has 27 heavy (non-hydrogen) atoms. The van der Waals surface area contributed by atoms with E-state index >= 15 is 0 Å². The highest BCUT2D eigenvalue weighted by molar-refractivity contribution is 6.33. The third-order valence-corrected chi connectivity index (χ3v) is 4.35. The lowest BCUT2D eigenvalue weighted by molar-refractivity contribution is -0.142. The molecule has 0 N–H and O–H groups in total. The van der Waals surface area contributed by atoms with Gasteiger partial charge in [-0.1, -0.05) is 11.6 Å². The normalized spacial score (nSPS) is 11.1. The molecule has 0 amide bonds. The largest absolute Gasteiger partial charge is 0.482 e. The molecule has 0 atom stereocenters. The number of hydrogen-bond donors (Lipinski definition) is 0. The van der Waals surface area contributed by atoms with Gasteiger partial charge in [0.1, 0.15) is 11.3 Å². The standard InChI is InChI=1S/C18H14ClN5O3/c1-10-16-22-23-17(24(16)18-14(21-10)4-3-7-20-18)12-8-11(5-6-13(12)19)27-9-15(25)26-2/h3-8H,9H2,1-2H3. The van der Waals surface area contributed by atoms with E-state index in [0.717, 1.165) is 11.2 Å². The molecule has 0 saturated heterocycles. The zero-order valence-corrected chi connectivity index (χ0v) is 15.3. The molecule has 9 heteroatoms. The summed E-state index contributed by atoms with van der Waals surface area (Å²) in [6.45, 7) is 1.66. The molecule has 8 nitrogen and oxygen atoms in total. The molecule has 1 aromatic carbocycles. The summed E-state index contributed by atoms with van der Waals surface area (Å²) in [6.07, 6.45) is 1.68. The van der Waals surface area contributed by atoms with Crippen LogP contribution in [0.1, 0.15) is 5.69 Å². The molecule has 4 rings (SSSR count). The van der Waals surface area contributed by atoms with Gasteiger partial charge in [-0.2, -0.15) is 0 Å². The highest BCUT2D eigenvalue weighted by Gasteiger charge is 2.18. The first-order chi connectivity index (χ1) is 13.1. The van der Waals surface area contributed by atoms with E-state index in [1.54, 1.807) is 24.4 Å². The van der Waals surface area contributed by atoms with Gasteiger partial charge in [0.25, 0.3) is 0 Å². The number of fused-ring (bicyclic) bond motifs is 3. The molecule has 0 bridgehead atoms. The molecule has 0 radical (unpaired) electrons. The minimum Gasteiger partial charge on any atom is -0.482 e. The van der Waals surface area contributed by atoms with Crippen molar-refractivity contribution in [2.24, 2.45) is 0 Å². The van der Waals surface area contributed by atoms with Crippen LogP contribution >= 0.6 is 11.6 Å². The van der Waals surface area contributed by atoms with Gasteiger partial charge < -0.3 is 9.47 Å². The number of benzene rings is 1. The smallest absolute Gasteiger partial charge is 0.343 e. The maximum atomic E-state index is 11.3. The number of esters is 1. The summed E-state index contributed by atoms with van der Waals surface area (Å²) in [5.41, 5.74) is 3.26.